The zero-order valence-corrected chi connectivity index (χ0v) is 17.6. The monoisotopic (exact) mass is 430 g/mol. The number of halogens is 1. The molecule has 1 aliphatic heterocycles. The lowest BCUT2D eigenvalue weighted by Gasteiger charge is -2.29. The van der Waals surface area contributed by atoms with Gasteiger partial charge in [0.1, 0.15) is 5.57 Å². The van der Waals surface area contributed by atoms with Crippen LogP contribution in [-0.4, -0.2) is 30.1 Å². The van der Waals surface area contributed by atoms with Crippen LogP contribution in [0.2, 0.25) is 5.02 Å². The molecule has 2 aromatic rings. The Balaban J connectivity index is 2.09. The second-order valence-electron chi connectivity index (χ2n) is 6.45. The summed E-state index contributed by atoms with van der Waals surface area (Å²) in [5.41, 5.74) is 0.822. The summed E-state index contributed by atoms with van der Waals surface area (Å²) >= 11 is 11.4. The molecule has 3 rings (SSSR count). The molecule has 1 aliphatic rings. The van der Waals surface area contributed by atoms with Crippen molar-refractivity contribution >= 4 is 52.5 Å². The normalized spacial score (nSPS) is 15.7. The van der Waals surface area contributed by atoms with Crippen LogP contribution >= 0.6 is 23.8 Å². The number of thiocarbonyl (C=S) groups is 1. The molecule has 2 amide bonds. The van der Waals surface area contributed by atoms with Crippen LogP contribution in [0.1, 0.15) is 19.4 Å². The Morgan fingerprint density at radius 2 is 1.86 bits per heavy atom. The lowest BCUT2D eigenvalue weighted by atomic mass is 10.1. The van der Waals surface area contributed by atoms with Gasteiger partial charge in [-0.3, -0.25) is 19.8 Å². The van der Waals surface area contributed by atoms with Crippen molar-refractivity contribution < 1.29 is 19.1 Å². The first-order chi connectivity index (χ1) is 13.8. The highest BCUT2D eigenvalue weighted by atomic mass is 35.5. The van der Waals surface area contributed by atoms with E-state index in [0.29, 0.717) is 27.8 Å². The van der Waals surface area contributed by atoms with Gasteiger partial charge >= 0.3 is 0 Å². The lowest BCUT2D eigenvalue weighted by molar-refractivity contribution is -0.122. The van der Waals surface area contributed by atoms with Crippen LogP contribution in [-0.2, 0) is 9.59 Å². The van der Waals surface area contributed by atoms with Gasteiger partial charge in [0, 0.05) is 5.56 Å². The van der Waals surface area contributed by atoms with E-state index in [1.807, 2.05) is 13.8 Å². The van der Waals surface area contributed by atoms with E-state index in [1.54, 1.807) is 42.5 Å². The number of nitrogens with one attached hydrogen (secondary N) is 1. The molecule has 0 unspecified atom stereocenters. The molecule has 0 aliphatic carbocycles. The van der Waals surface area contributed by atoms with Gasteiger partial charge in [-0.05, 0) is 50.3 Å². The van der Waals surface area contributed by atoms with E-state index in [2.05, 4.69) is 5.32 Å². The van der Waals surface area contributed by atoms with Crippen LogP contribution in [0.25, 0.3) is 6.08 Å². The quantitative estimate of drug-likeness (QED) is 0.441. The standard InChI is InChI=1S/C21H19ClN2O4S/c1-12(2)28-18-13(7-6-10-17(18)27-3)11-14-19(25)23-21(29)24(20(14)26)16-9-5-4-8-15(16)22/h4-12H,1-3H3,(H,23,25,29)/b14-11+. The second-order valence-corrected chi connectivity index (χ2v) is 7.25. The Kier molecular flexibility index (Phi) is 6.20. The molecule has 0 saturated carbocycles. The van der Waals surface area contributed by atoms with Gasteiger partial charge in [0.15, 0.2) is 16.6 Å². The van der Waals surface area contributed by atoms with Crippen molar-refractivity contribution in [1.29, 1.82) is 0 Å². The summed E-state index contributed by atoms with van der Waals surface area (Å²) in [6.45, 7) is 3.75. The number of carbonyl (C=O) groups excluding carboxylic acids is 2. The number of para-hydroxylation sites is 2. The Morgan fingerprint density at radius 3 is 2.52 bits per heavy atom. The summed E-state index contributed by atoms with van der Waals surface area (Å²) in [6, 6.07) is 12.0. The summed E-state index contributed by atoms with van der Waals surface area (Å²) in [5, 5.41) is 2.85. The maximum Gasteiger partial charge on any atom is 0.270 e. The van der Waals surface area contributed by atoms with Gasteiger partial charge in [-0.1, -0.05) is 35.9 Å². The average molecular weight is 431 g/mol. The van der Waals surface area contributed by atoms with E-state index < -0.39 is 11.8 Å². The minimum atomic E-state index is -0.596. The summed E-state index contributed by atoms with van der Waals surface area (Å²) in [7, 11) is 1.52. The fourth-order valence-corrected chi connectivity index (χ4v) is 3.33. The highest BCUT2D eigenvalue weighted by Crippen LogP contribution is 2.35. The van der Waals surface area contributed by atoms with E-state index in [1.165, 1.54) is 18.1 Å². The van der Waals surface area contributed by atoms with Crippen molar-refractivity contribution in [2.45, 2.75) is 20.0 Å². The molecule has 6 nitrogen and oxygen atoms in total. The number of nitrogens with zero attached hydrogens (tertiary/aromatic N) is 1. The topological polar surface area (TPSA) is 67.9 Å². The van der Waals surface area contributed by atoms with E-state index in [-0.39, 0.29) is 16.8 Å². The third-order valence-electron chi connectivity index (χ3n) is 4.08. The number of methoxy groups -OCH3 is 1. The molecule has 1 fully saturated rings. The smallest absolute Gasteiger partial charge is 0.270 e. The molecule has 29 heavy (non-hydrogen) atoms. The number of ether oxygens (including phenoxy) is 2. The first kappa shape index (κ1) is 20.8. The van der Waals surface area contributed by atoms with Gasteiger partial charge in [-0.15, -0.1) is 0 Å². The zero-order valence-electron chi connectivity index (χ0n) is 16.1. The predicted molar refractivity (Wildman–Crippen MR) is 116 cm³/mol. The molecule has 1 saturated heterocycles. The summed E-state index contributed by atoms with van der Waals surface area (Å²) < 4.78 is 11.2. The van der Waals surface area contributed by atoms with Crippen molar-refractivity contribution in [3.63, 3.8) is 0 Å². The van der Waals surface area contributed by atoms with Crippen LogP contribution in [0.5, 0.6) is 11.5 Å². The molecule has 2 aromatic carbocycles. The molecule has 1 heterocycles. The molecule has 0 spiro atoms. The summed E-state index contributed by atoms with van der Waals surface area (Å²) in [4.78, 5) is 26.9. The Morgan fingerprint density at radius 1 is 1.14 bits per heavy atom. The average Bonchev–Trinajstić information content (AvgIpc) is 2.67. The second kappa shape index (κ2) is 8.63. The van der Waals surface area contributed by atoms with Gasteiger partial charge in [0.2, 0.25) is 0 Å². The zero-order chi connectivity index (χ0) is 21.1. The highest BCUT2D eigenvalue weighted by molar-refractivity contribution is 7.80. The lowest BCUT2D eigenvalue weighted by Crippen LogP contribution is -2.54. The number of amides is 2. The third kappa shape index (κ3) is 4.26. The molecule has 1 N–H and O–H groups in total. The van der Waals surface area contributed by atoms with Gasteiger partial charge in [0.25, 0.3) is 11.8 Å². The van der Waals surface area contributed by atoms with Crippen molar-refractivity contribution in [2.75, 3.05) is 12.0 Å². The first-order valence-corrected chi connectivity index (χ1v) is 9.61. The minimum absolute atomic E-state index is 0.0328. The van der Waals surface area contributed by atoms with E-state index in [4.69, 9.17) is 33.3 Å². The predicted octanol–water partition coefficient (Wildman–Crippen LogP) is 3.97. The highest BCUT2D eigenvalue weighted by Gasteiger charge is 2.35. The molecule has 8 heteroatoms. The number of hydrogen-bond acceptors (Lipinski definition) is 5. The molecular weight excluding hydrogens is 412 g/mol. The van der Waals surface area contributed by atoms with Crippen LogP contribution < -0.4 is 19.7 Å². The van der Waals surface area contributed by atoms with Gasteiger partial charge in [0.05, 0.1) is 23.9 Å². The Bertz CT molecular complexity index is 1020. The van der Waals surface area contributed by atoms with E-state index >= 15 is 0 Å². The SMILES string of the molecule is COc1cccc(/C=C2\C(=O)NC(=S)N(c3ccccc3Cl)C2=O)c1OC(C)C. The minimum Gasteiger partial charge on any atom is -0.493 e. The Hall–Kier alpha value is -2.90. The maximum absolute atomic E-state index is 13.2. The van der Waals surface area contributed by atoms with Crippen LogP contribution in [0.4, 0.5) is 5.69 Å². The molecular formula is C21H19ClN2O4S. The van der Waals surface area contributed by atoms with E-state index in [9.17, 15) is 9.59 Å². The van der Waals surface area contributed by atoms with Crippen LogP contribution in [0.15, 0.2) is 48.0 Å². The number of benzene rings is 2. The van der Waals surface area contributed by atoms with Crippen molar-refractivity contribution in [3.8, 4) is 11.5 Å². The fourth-order valence-electron chi connectivity index (χ4n) is 2.83. The molecule has 0 aromatic heterocycles. The number of rotatable bonds is 5. The van der Waals surface area contributed by atoms with Crippen molar-refractivity contribution in [1.82, 2.24) is 5.32 Å². The summed E-state index contributed by atoms with van der Waals surface area (Å²) in [6.07, 6.45) is 1.33. The largest absolute Gasteiger partial charge is 0.493 e. The van der Waals surface area contributed by atoms with Gasteiger partial charge < -0.3 is 9.47 Å². The van der Waals surface area contributed by atoms with Crippen molar-refractivity contribution in [3.05, 3.63) is 58.6 Å². The number of anilines is 1. The number of hydrogen-bond donors (Lipinski definition) is 1. The van der Waals surface area contributed by atoms with Crippen LogP contribution in [0.3, 0.4) is 0 Å². The molecule has 150 valence electrons. The summed E-state index contributed by atoms with van der Waals surface area (Å²) in [5.74, 6) is -0.238. The van der Waals surface area contributed by atoms with E-state index in [0.717, 1.165) is 0 Å². The van der Waals surface area contributed by atoms with Gasteiger partial charge in [-0.25, -0.2) is 0 Å². The molecule has 0 atom stereocenters. The molecule has 0 bridgehead atoms. The number of carbonyl (C=O) groups is 2. The molecule has 0 radical (unpaired) electrons. The van der Waals surface area contributed by atoms with Gasteiger partial charge in [-0.2, -0.15) is 0 Å². The van der Waals surface area contributed by atoms with Crippen molar-refractivity contribution in [2.24, 2.45) is 0 Å². The first-order valence-electron chi connectivity index (χ1n) is 8.83. The Labute approximate surface area is 179 Å². The third-order valence-corrected chi connectivity index (χ3v) is 4.68. The maximum atomic E-state index is 13.2. The van der Waals surface area contributed by atoms with Crippen LogP contribution in [0, 0.1) is 0 Å². The fraction of sp³-hybridized carbons (Fsp3) is 0.190.